The molecule has 0 radical (unpaired) electrons. The summed E-state index contributed by atoms with van der Waals surface area (Å²) < 4.78 is 9.82. The number of rotatable bonds is 5. The minimum Gasteiger partial charge on any atom is -0.453 e. The molecule has 0 saturated carbocycles. The number of methoxy groups -OCH3 is 1. The van der Waals surface area contributed by atoms with Crippen LogP contribution < -0.4 is 5.32 Å². The van der Waals surface area contributed by atoms with E-state index in [1.165, 1.54) is 12.0 Å². The Morgan fingerprint density at radius 2 is 2.29 bits per heavy atom. The third-order valence-corrected chi connectivity index (χ3v) is 3.60. The molecule has 1 aliphatic heterocycles. The van der Waals surface area contributed by atoms with Crippen molar-refractivity contribution in [3.63, 3.8) is 0 Å². The van der Waals surface area contributed by atoms with Gasteiger partial charge in [-0.1, -0.05) is 18.2 Å². The number of hydrogen-bond donors (Lipinski definition) is 1. The molecule has 1 aromatic carbocycles. The Hall–Kier alpha value is -1.20. The summed E-state index contributed by atoms with van der Waals surface area (Å²) in [6.45, 7) is 0.712. The highest BCUT2D eigenvalue weighted by molar-refractivity contribution is 7.99. The Labute approximate surface area is 105 Å². The highest BCUT2D eigenvalue weighted by Gasteiger charge is 2.34. The van der Waals surface area contributed by atoms with Gasteiger partial charge in [-0.25, -0.2) is 4.79 Å². The SMILES string of the molecule is COC(=O)N[C@@H](CSc1ccccc1)C1CO1. The van der Waals surface area contributed by atoms with Crippen LogP contribution in [0.1, 0.15) is 0 Å². The Kier molecular flexibility index (Phi) is 4.28. The first-order valence-electron chi connectivity index (χ1n) is 5.43. The number of nitrogens with one attached hydrogen (secondary N) is 1. The Bertz CT molecular complexity index is 367. The molecule has 17 heavy (non-hydrogen) atoms. The molecule has 1 saturated heterocycles. The topological polar surface area (TPSA) is 50.9 Å². The molecular formula is C12H15NO3S. The number of ether oxygens (including phenoxy) is 2. The van der Waals surface area contributed by atoms with Crippen molar-refractivity contribution < 1.29 is 14.3 Å². The van der Waals surface area contributed by atoms with Gasteiger partial charge in [0.1, 0.15) is 6.10 Å². The van der Waals surface area contributed by atoms with E-state index in [2.05, 4.69) is 10.1 Å². The largest absolute Gasteiger partial charge is 0.453 e. The van der Waals surface area contributed by atoms with Gasteiger partial charge in [0.25, 0.3) is 0 Å². The van der Waals surface area contributed by atoms with Gasteiger partial charge in [-0.15, -0.1) is 11.8 Å². The number of hydrogen-bond acceptors (Lipinski definition) is 4. The van der Waals surface area contributed by atoms with E-state index >= 15 is 0 Å². The number of alkyl carbamates (subject to hydrolysis) is 1. The van der Waals surface area contributed by atoms with Gasteiger partial charge in [0.05, 0.1) is 19.8 Å². The van der Waals surface area contributed by atoms with E-state index < -0.39 is 6.09 Å². The molecule has 1 aromatic rings. The fraction of sp³-hybridized carbons (Fsp3) is 0.417. The zero-order valence-corrected chi connectivity index (χ0v) is 10.4. The second kappa shape index (κ2) is 5.93. The number of epoxide rings is 1. The van der Waals surface area contributed by atoms with Crippen molar-refractivity contribution in [3.8, 4) is 0 Å². The summed E-state index contributed by atoms with van der Waals surface area (Å²) in [6.07, 6.45) is -0.274. The monoisotopic (exact) mass is 253 g/mol. The Morgan fingerprint density at radius 3 is 2.88 bits per heavy atom. The van der Waals surface area contributed by atoms with E-state index in [1.54, 1.807) is 11.8 Å². The fourth-order valence-electron chi connectivity index (χ4n) is 1.44. The molecule has 0 aromatic heterocycles. The standard InChI is InChI=1S/C12H15NO3S/c1-15-12(14)13-10(11-7-16-11)8-17-9-5-3-2-4-6-9/h2-6,10-11H,7-8H2,1H3,(H,13,14)/t10-,11?/m0/s1. The molecule has 5 heteroatoms. The van der Waals surface area contributed by atoms with Gasteiger partial charge in [-0.3, -0.25) is 0 Å². The Morgan fingerprint density at radius 1 is 1.59 bits per heavy atom. The average Bonchev–Trinajstić information content (AvgIpc) is 3.19. The van der Waals surface area contributed by atoms with Crippen LogP contribution in [-0.4, -0.2) is 37.7 Å². The van der Waals surface area contributed by atoms with Gasteiger partial charge in [0.2, 0.25) is 0 Å². The maximum Gasteiger partial charge on any atom is 0.407 e. The van der Waals surface area contributed by atoms with Crippen LogP contribution in [-0.2, 0) is 9.47 Å². The smallest absolute Gasteiger partial charge is 0.407 e. The van der Waals surface area contributed by atoms with Crippen LogP contribution in [0.4, 0.5) is 4.79 Å². The fourth-order valence-corrected chi connectivity index (χ4v) is 2.46. The highest BCUT2D eigenvalue weighted by atomic mass is 32.2. The minimum atomic E-state index is -0.404. The van der Waals surface area contributed by atoms with Crippen LogP contribution in [0.25, 0.3) is 0 Å². The normalized spacial score (nSPS) is 19.5. The molecule has 1 unspecified atom stereocenters. The van der Waals surface area contributed by atoms with Crippen molar-refractivity contribution in [2.75, 3.05) is 19.5 Å². The molecule has 0 bridgehead atoms. The summed E-state index contributed by atoms with van der Waals surface area (Å²) in [5.41, 5.74) is 0. The summed E-state index contributed by atoms with van der Waals surface area (Å²) in [5.74, 6) is 0.782. The van der Waals surface area contributed by atoms with E-state index in [4.69, 9.17) is 4.74 Å². The third-order valence-electron chi connectivity index (χ3n) is 2.47. The van der Waals surface area contributed by atoms with Crippen LogP contribution in [0.15, 0.2) is 35.2 Å². The minimum absolute atomic E-state index is 0.00709. The molecule has 1 aliphatic rings. The van der Waals surface area contributed by atoms with Crippen LogP contribution >= 0.6 is 11.8 Å². The van der Waals surface area contributed by atoms with E-state index in [0.29, 0.717) is 6.61 Å². The first-order valence-corrected chi connectivity index (χ1v) is 6.42. The molecular weight excluding hydrogens is 238 g/mol. The van der Waals surface area contributed by atoms with E-state index in [0.717, 1.165) is 5.75 Å². The van der Waals surface area contributed by atoms with Crippen LogP contribution in [0.3, 0.4) is 0 Å². The first kappa shape index (κ1) is 12.3. The van der Waals surface area contributed by atoms with Crippen molar-refractivity contribution in [2.45, 2.75) is 17.0 Å². The van der Waals surface area contributed by atoms with Gasteiger partial charge < -0.3 is 14.8 Å². The molecule has 92 valence electrons. The summed E-state index contributed by atoms with van der Waals surface area (Å²) in [4.78, 5) is 12.4. The Balaban J connectivity index is 1.83. The predicted molar refractivity (Wildman–Crippen MR) is 66.2 cm³/mol. The second-order valence-corrected chi connectivity index (χ2v) is 4.83. The lowest BCUT2D eigenvalue weighted by molar-refractivity contribution is 0.165. The summed E-state index contributed by atoms with van der Waals surface area (Å²) >= 11 is 1.70. The molecule has 0 spiro atoms. The van der Waals surface area contributed by atoms with Gasteiger partial charge in [0.15, 0.2) is 0 Å². The number of thioether (sulfide) groups is 1. The van der Waals surface area contributed by atoms with E-state index in [9.17, 15) is 4.79 Å². The van der Waals surface area contributed by atoms with Crippen LogP contribution in [0.5, 0.6) is 0 Å². The van der Waals surface area contributed by atoms with Gasteiger partial charge in [-0.05, 0) is 12.1 Å². The number of benzene rings is 1. The summed E-state index contributed by atoms with van der Waals surface area (Å²) in [6, 6.07) is 10.1. The number of carbonyl (C=O) groups is 1. The third kappa shape index (κ3) is 3.94. The quantitative estimate of drug-likeness (QED) is 0.643. The molecule has 1 amide bonds. The van der Waals surface area contributed by atoms with Crippen molar-refractivity contribution in [3.05, 3.63) is 30.3 Å². The number of carbonyl (C=O) groups excluding carboxylic acids is 1. The van der Waals surface area contributed by atoms with Crippen LogP contribution in [0.2, 0.25) is 0 Å². The number of amides is 1. The van der Waals surface area contributed by atoms with Gasteiger partial charge >= 0.3 is 6.09 Å². The maximum absolute atomic E-state index is 11.2. The zero-order chi connectivity index (χ0) is 12.1. The molecule has 1 heterocycles. The van der Waals surface area contributed by atoms with Gasteiger partial charge in [0, 0.05) is 10.6 Å². The zero-order valence-electron chi connectivity index (χ0n) is 9.59. The predicted octanol–water partition coefficient (Wildman–Crippen LogP) is 1.90. The highest BCUT2D eigenvalue weighted by Crippen LogP contribution is 2.23. The van der Waals surface area contributed by atoms with E-state index in [1.807, 2.05) is 30.3 Å². The maximum atomic E-state index is 11.2. The van der Waals surface area contributed by atoms with Crippen LogP contribution in [0, 0.1) is 0 Å². The molecule has 2 rings (SSSR count). The summed E-state index contributed by atoms with van der Waals surface area (Å²) in [5, 5.41) is 2.79. The lowest BCUT2D eigenvalue weighted by Crippen LogP contribution is -2.40. The van der Waals surface area contributed by atoms with Crippen molar-refractivity contribution >= 4 is 17.9 Å². The molecule has 0 aliphatic carbocycles. The molecule has 4 nitrogen and oxygen atoms in total. The lowest BCUT2D eigenvalue weighted by atomic mass is 10.2. The average molecular weight is 253 g/mol. The van der Waals surface area contributed by atoms with E-state index in [-0.39, 0.29) is 12.1 Å². The summed E-state index contributed by atoms with van der Waals surface area (Å²) in [7, 11) is 1.37. The molecule has 1 fully saturated rings. The second-order valence-electron chi connectivity index (χ2n) is 3.74. The van der Waals surface area contributed by atoms with Gasteiger partial charge in [-0.2, -0.15) is 0 Å². The van der Waals surface area contributed by atoms with Crippen molar-refractivity contribution in [1.82, 2.24) is 5.32 Å². The molecule has 2 atom stereocenters. The molecule has 1 N–H and O–H groups in total. The first-order chi connectivity index (χ1) is 8.29. The van der Waals surface area contributed by atoms with Crippen molar-refractivity contribution in [1.29, 1.82) is 0 Å². The van der Waals surface area contributed by atoms with Crippen molar-refractivity contribution in [2.24, 2.45) is 0 Å². The lowest BCUT2D eigenvalue weighted by Gasteiger charge is -2.15.